The van der Waals surface area contributed by atoms with Crippen LogP contribution in [0.15, 0.2) is 23.9 Å². The highest BCUT2D eigenvalue weighted by atomic mass is 16.5. The molecule has 0 spiro atoms. The molecule has 7 nitrogen and oxygen atoms in total. The highest BCUT2D eigenvalue weighted by Gasteiger charge is 2.16. The maximum atomic E-state index is 11.7. The van der Waals surface area contributed by atoms with Gasteiger partial charge in [-0.1, -0.05) is 0 Å². The summed E-state index contributed by atoms with van der Waals surface area (Å²) in [5.74, 6) is -1.96. The molecule has 1 aromatic carbocycles. The standard InChI is InChI=1S/C15H18N2O5/c1-8-5-10(14(16)19)6-9(2)13(8)17-11(15(20)22-4)7-12(18)21-3/h5-7,17H,1-4H3,(H2,16,19)/b11-7+. The highest BCUT2D eigenvalue weighted by molar-refractivity contribution is 5.99. The van der Waals surface area contributed by atoms with Crippen LogP contribution in [0.5, 0.6) is 0 Å². The van der Waals surface area contributed by atoms with Crippen molar-refractivity contribution < 1.29 is 23.9 Å². The summed E-state index contributed by atoms with van der Waals surface area (Å²) >= 11 is 0. The minimum absolute atomic E-state index is 0.0765. The van der Waals surface area contributed by atoms with Crippen LogP contribution >= 0.6 is 0 Å². The van der Waals surface area contributed by atoms with E-state index < -0.39 is 17.8 Å². The Hall–Kier alpha value is -2.83. The number of carbonyl (C=O) groups is 3. The van der Waals surface area contributed by atoms with Gasteiger partial charge < -0.3 is 20.5 Å². The second kappa shape index (κ2) is 7.26. The fourth-order valence-corrected chi connectivity index (χ4v) is 1.87. The van der Waals surface area contributed by atoms with Gasteiger partial charge in [0.15, 0.2) is 0 Å². The van der Waals surface area contributed by atoms with Crippen LogP contribution in [0, 0.1) is 13.8 Å². The Balaban J connectivity index is 3.24. The molecule has 0 aliphatic carbocycles. The molecule has 3 N–H and O–H groups in total. The molecule has 0 bridgehead atoms. The number of methoxy groups -OCH3 is 2. The molecule has 0 fully saturated rings. The Morgan fingerprint density at radius 3 is 2.05 bits per heavy atom. The minimum Gasteiger partial charge on any atom is -0.466 e. The first-order valence-corrected chi connectivity index (χ1v) is 6.36. The number of carbonyl (C=O) groups excluding carboxylic acids is 3. The van der Waals surface area contributed by atoms with Crippen molar-refractivity contribution in [3.63, 3.8) is 0 Å². The number of hydrogen-bond donors (Lipinski definition) is 2. The third-order valence-corrected chi connectivity index (χ3v) is 2.95. The Morgan fingerprint density at radius 1 is 1.09 bits per heavy atom. The van der Waals surface area contributed by atoms with E-state index >= 15 is 0 Å². The van der Waals surface area contributed by atoms with E-state index in [-0.39, 0.29) is 5.70 Å². The van der Waals surface area contributed by atoms with Crippen LogP contribution in [0.3, 0.4) is 0 Å². The van der Waals surface area contributed by atoms with Crippen molar-refractivity contribution in [3.05, 3.63) is 40.6 Å². The smallest absolute Gasteiger partial charge is 0.354 e. The molecule has 22 heavy (non-hydrogen) atoms. The number of hydrogen-bond acceptors (Lipinski definition) is 6. The maximum Gasteiger partial charge on any atom is 0.354 e. The Bertz CT molecular complexity index is 626. The molecule has 1 amide bonds. The number of benzene rings is 1. The Labute approximate surface area is 128 Å². The van der Waals surface area contributed by atoms with Gasteiger partial charge in [-0.05, 0) is 37.1 Å². The zero-order chi connectivity index (χ0) is 16.9. The normalized spacial score (nSPS) is 10.8. The van der Waals surface area contributed by atoms with Crippen molar-refractivity contribution in [2.45, 2.75) is 13.8 Å². The summed E-state index contributed by atoms with van der Waals surface area (Å²) in [6.45, 7) is 3.49. The predicted octanol–water partition coefficient (Wildman–Crippen LogP) is 1.04. The number of aryl methyl sites for hydroxylation is 2. The number of anilines is 1. The van der Waals surface area contributed by atoms with E-state index in [4.69, 9.17) is 5.73 Å². The van der Waals surface area contributed by atoms with Gasteiger partial charge in [0, 0.05) is 11.3 Å². The predicted molar refractivity (Wildman–Crippen MR) is 80.2 cm³/mol. The van der Waals surface area contributed by atoms with Crippen molar-refractivity contribution in [2.24, 2.45) is 5.73 Å². The van der Waals surface area contributed by atoms with Gasteiger partial charge in [-0.3, -0.25) is 4.79 Å². The van der Waals surface area contributed by atoms with Gasteiger partial charge in [-0.2, -0.15) is 0 Å². The second-order valence-corrected chi connectivity index (χ2v) is 4.55. The monoisotopic (exact) mass is 306 g/mol. The van der Waals surface area contributed by atoms with E-state index in [9.17, 15) is 14.4 Å². The first-order valence-electron chi connectivity index (χ1n) is 6.36. The lowest BCUT2D eigenvalue weighted by Crippen LogP contribution is -2.17. The number of esters is 2. The minimum atomic E-state index is -0.719. The number of rotatable bonds is 5. The van der Waals surface area contributed by atoms with Gasteiger partial charge in [0.2, 0.25) is 5.91 Å². The Morgan fingerprint density at radius 2 is 1.64 bits per heavy atom. The molecule has 0 unspecified atom stereocenters. The van der Waals surface area contributed by atoms with Crippen molar-refractivity contribution in [3.8, 4) is 0 Å². The number of primary amides is 1. The van der Waals surface area contributed by atoms with Crippen molar-refractivity contribution >= 4 is 23.5 Å². The molecule has 0 heterocycles. The zero-order valence-electron chi connectivity index (χ0n) is 12.9. The molecule has 0 aromatic heterocycles. The molecule has 0 aliphatic rings. The molecule has 0 saturated carbocycles. The molecular formula is C15H18N2O5. The number of ether oxygens (including phenoxy) is 2. The van der Waals surface area contributed by atoms with Crippen molar-refractivity contribution in [1.82, 2.24) is 0 Å². The number of nitrogens with two attached hydrogens (primary N) is 1. The third-order valence-electron chi connectivity index (χ3n) is 2.95. The molecule has 118 valence electrons. The van der Waals surface area contributed by atoms with Crippen LogP contribution in [0.1, 0.15) is 21.5 Å². The lowest BCUT2D eigenvalue weighted by Gasteiger charge is -2.15. The van der Waals surface area contributed by atoms with E-state index in [1.165, 1.54) is 14.2 Å². The summed E-state index contributed by atoms with van der Waals surface area (Å²) in [5, 5.41) is 2.83. The third kappa shape index (κ3) is 4.08. The molecule has 7 heteroatoms. The Kier molecular flexibility index (Phi) is 5.68. The SMILES string of the molecule is COC(=O)/C=C(/Nc1c(C)cc(C(N)=O)cc1C)C(=O)OC. The molecule has 0 aliphatic heterocycles. The van der Waals surface area contributed by atoms with Gasteiger partial charge in [-0.25, -0.2) is 9.59 Å². The number of amides is 1. The number of nitrogens with one attached hydrogen (secondary N) is 1. The first kappa shape index (κ1) is 17.2. The second-order valence-electron chi connectivity index (χ2n) is 4.55. The largest absolute Gasteiger partial charge is 0.466 e. The van der Waals surface area contributed by atoms with Crippen molar-refractivity contribution in [1.29, 1.82) is 0 Å². The molecule has 0 atom stereocenters. The van der Waals surface area contributed by atoms with Gasteiger partial charge >= 0.3 is 11.9 Å². The van der Waals surface area contributed by atoms with Crippen LogP contribution < -0.4 is 11.1 Å². The van der Waals surface area contributed by atoms with Gasteiger partial charge in [-0.15, -0.1) is 0 Å². The summed E-state index contributed by atoms with van der Waals surface area (Å²) in [7, 11) is 2.40. The fraction of sp³-hybridized carbons (Fsp3) is 0.267. The summed E-state index contributed by atoms with van der Waals surface area (Å²) in [5.41, 5.74) is 7.48. The van der Waals surface area contributed by atoms with Gasteiger partial charge in [0.05, 0.1) is 20.3 Å². The topological polar surface area (TPSA) is 108 Å². The molecular weight excluding hydrogens is 288 g/mol. The van der Waals surface area contributed by atoms with Crippen LogP contribution in [0.25, 0.3) is 0 Å². The molecule has 1 rings (SSSR count). The van der Waals surface area contributed by atoms with Crippen LogP contribution in [0.2, 0.25) is 0 Å². The molecule has 1 aromatic rings. The van der Waals surface area contributed by atoms with E-state index in [0.29, 0.717) is 22.4 Å². The van der Waals surface area contributed by atoms with E-state index in [2.05, 4.69) is 14.8 Å². The van der Waals surface area contributed by atoms with Crippen LogP contribution in [0.4, 0.5) is 5.69 Å². The lowest BCUT2D eigenvalue weighted by molar-refractivity contribution is -0.138. The summed E-state index contributed by atoms with van der Waals surface area (Å²) < 4.78 is 9.12. The average Bonchev–Trinajstić information content (AvgIpc) is 2.48. The molecule has 0 saturated heterocycles. The quantitative estimate of drug-likeness (QED) is 0.621. The summed E-state index contributed by atoms with van der Waals surface area (Å²) in [4.78, 5) is 34.3. The summed E-state index contributed by atoms with van der Waals surface area (Å²) in [6, 6.07) is 3.18. The molecule has 0 radical (unpaired) electrons. The van der Waals surface area contributed by atoms with Crippen LogP contribution in [-0.2, 0) is 19.1 Å². The zero-order valence-corrected chi connectivity index (χ0v) is 12.9. The first-order chi connectivity index (χ1) is 10.3. The fourth-order valence-electron chi connectivity index (χ4n) is 1.87. The van der Waals surface area contributed by atoms with Gasteiger partial charge in [0.1, 0.15) is 5.70 Å². The van der Waals surface area contributed by atoms with Crippen molar-refractivity contribution in [2.75, 3.05) is 19.5 Å². The summed E-state index contributed by atoms with van der Waals surface area (Å²) in [6.07, 6.45) is 0.993. The highest BCUT2D eigenvalue weighted by Crippen LogP contribution is 2.24. The van der Waals surface area contributed by atoms with Crippen LogP contribution in [-0.4, -0.2) is 32.1 Å². The van der Waals surface area contributed by atoms with E-state index in [0.717, 1.165) is 6.08 Å². The van der Waals surface area contributed by atoms with E-state index in [1.54, 1.807) is 26.0 Å². The van der Waals surface area contributed by atoms with E-state index in [1.807, 2.05) is 0 Å². The lowest BCUT2D eigenvalue weighted by atomic mass is 10.0. The maximum absolute atomic E-state index is 11.7. The van der Waals surface area contributed by atoms with Gasteiger partial charge in [0.25, 0.3) is 0 Å². The average molecular weight is 306 g/mol.